The molecule has 0 heterocycles. The minimum atomic E-state index is 1.08. The third kappa shape index (κ3) is 4.87. The molecule has 0 saturated carbocycles. The maximum absolute atomic E-state index is 3.52. The van der Waals surface area contributed by atoms with E-state index in [0.717, 1.165) is 11.0 Å². The van der Waals surface area contributed by atoms with E-state index in [9.17, 15) is 0 Å². The lowest BCUT2D eigenvalue weighted by molar-refractivity contribution is 0.685. The summed E-state index contributed by atoms with van der Waals surface area (Å²) in [4.78, 5) is 0. The van der Waals surface area contributed by atoms with Crippen molar-refractivity contribution in [3.8, 4) is 0 Å². The molecular weight excluding hydrogens is 297 g/mol. The van der Waals surface area contributed by atoms with Crippen LogP contribution in [0.1, 0.15) is 38.2 Å². The Kier molecular flexibility index (Phi) is 6.81. The van der Waals surface area contributed by atoms with Crippen molar-refractivity contribution in [1.82, 2.24) is 0 Å². The van der Waals surface area contributed by atoms with E-state index in [2.05, 4.69) is 59.1 Å². The molecule has 84 valence electrons. The van der Waals surface area contributed by atoms with Crippen LogP contribution in [0.5, 0.6) is 0 Å². The Bertz CT molecular complexity index is 273. The molecule has 0 fully saturated rings. The van der Waals surface area contributed by atoms with Crippen molar-refractivity contribution < 1.29 is 0 Å². The molecule has 0 saturated heterocycles. The van der Waals surface area contributed by atoms with Gasteiger partial charge in [0, 0.05) is 16.7 Å². The Balaban J connectivity index is 2.30. The highest BCUT2D eigenvalue weighted by Gasteiger charge is 1.98. The van der Waals surface area contributed by atoms with Gasteiger partial charge in [0.25, 0.3) is 0 Å². The van der Waals surface area contributed by atoms with Gasteiger partial charge in [0.15, 0.2) is 0 Å². The van der Waals surface area contributed by atoms with Crippen LogP contribution in [-0.4, -0.2) is 6.54 Å². The highest BCUT2D eigenvalue weighted by Crippen LogP contribution is 2.18. The molecule has 0 spiro atoms. The predicted molar refractivity (Wildman–Crippen MR) is 76.8 cm³/mol. The topological polar surface area (TPSA) is 12.0 Å². The normalized spacial score (nSPS) is 10.3. The molecule has 1 aromatic rings. The van der Waals surface area contributed by atoms with Gasteiger partial charge in [-0.05, 0) is 18.1 Å². The molecule has 0 aliphatic carbocycles. The first-order valence-corrected chi connectivity index (χ1v) is 7.28. The van der Waals surface area contributed by atoms with E-state index in [0.29, 0.717) is 0 Å². The fourth-order valence-corrected chi connectivity index (χ4v) is 2.25. The van der Waals surface area contributed by atoms with Gasteiger partial charge >= 0.3 is 0 Å². The van der Waals surface area contributed by atoms with Crippen molar-refractivity contribution in [3.63, 3.8) is 0 Å². The van der Waals surface area contributed by atoms with Crippen molar-refractivity contribution in [3.05, 3.63) is 29.8 Å². The number of anilines is 1. The number of alkyl halides is 1. The quantitative estimate of drug-likeness (QED) is 0.440. The highest BCUT2D eigenvalue weighted by atomic mass is 127. The van der Waals surface area contributed by atoms with Crippen LogP contribution < -0.4 is 5.32 Å². The van der Waals surface area contributed by atoms with Gasteiger partial charge in [-0.3, -0.25) is 0 Å². The second-order valence-corrected chi connectivity index (χ2v) is 4.54. The number of unbranched alkanes of at least 4 members (excludes halogenated alkanes) is 3. The lowest BCUT2D eigenvalue weighted by Gasteiger charge is -2.09. The lowest BCUT2D eigenvalue weighted by atomic mass is 10.2. The van der Waals surface area contributed by atoms with Crippen molar-refractivity contribution in [2.75, 3.05) is 11.9 Å². The van der Waals surface area contributed by atoms with Gasteiger partial charge in [-0.1, -0.05) is 67.0 Å². The molecule has 0 bridgehead atoms. The molecule has 0 aliphatic rings. The number of nitrogens with one attached hydrogen (secondary N) is 1. The van der Waals surface area contributed by atoms with E-state index < -0.39 is 0 Å². The minimum absolute atomic E-state index is 1.08. The first-order valence-electron chi connectivity index (χ1n) is 5.76. The molecule has 2 heteroatoms. The largest absolute Gasteiger partial charge is 0.385 e. The average molecular weight is 317 g/mol. The zero-order valence-corrected chi connectivity index (χ0v) is 11.6. The smallest absolute Gasteiger partial charge is 0.0380 e. The van der Waals surface area contributed by atoms with Crippen LogP contribution in [0.4, 0.5) is 5.69 Å². The Hall–Kier alpha value is -0.250. The molecule has 1 nitrogen and oxygen atoms in total. The van der Waals surface area contributed by atoms with Gasteiger partial charge in [0.05, 0.1) is 0 Å². The van der Waals surface area contributed by atoms with E-state index in [-0.39, 0.29) is 0 Å². The predicted octanol–water partition coefficient (Wildman–Crippen LogP) is 4.61. The third-order valence-electron chi connectivity index (χ3n) is 2.51. The van der Waals surface area contributed by atoms with Crippen LogP contribution in [-0.2, 0) is 4.43 Å². The third-order valence-corrected chi connectivity index (χ3v) is 3.33. The minimum Gasteiger partial charge on any atom is -0.385 e. The van der Waals surface area contributed by atoms with Crippen LogP contribution in [0.25, 0.3) is 0 Å². The van der Waals surface area contributed by atoms with Crippen LogP contribution in [0, 0.1) is 0 Å². The summed E-state index contributed by atoms with van der Waals surface area (Å²) < 4.78 is 1.08. The van der Waals surface area contributed by atoms with Gasteiger partial charge in [0.1, 0.15) is 0 Å². The second kappa shape index (κ2) is 7.97. The molecule has 1 rings (SSSR count). The summed E-state index contributed by atoms with van der Waals surface area (Å²) in [6, 6.07) is 8.58. The first-order chi connectivity index (χ1) is 7.38. The van der Waals surface area contributed by atoms with E-state index in [1.807, 2.05) is 0 Å². The fourth-order valence-electron chi connectivity index (χ4n) is 1.58. The number of halogens is 1. The summed E-state index contributed by atoms with van der Waals surface area (Å²) in [6.45, 7) is 3.35. The Labute approximate surface area is 107 Å². The molecular formula is C13H20IN. The molecule has 0 unspecified atom stereocenters. The van der Waals surface area contributed by atoms with Crippen molar-refractivity contribution in [1.29, 1.82) is 0 Å². The Morgan fingerprint density at radius 3 is 2.67 bits per heavy atom. The molecule has 0 amide bonds. The summed E-state index contributed by atoms with van der Waals surface area (Å²) in [6.07, 6.45) is 5.29. The van der Waals surface area contributed by atoms with E-state index in [1.165, 1.54) is 36.9 Å². The molecule has 15 heavy (non-hydrogen) atoms. The lowest BCUT2D eigenvalue weighted by Crippen LogP contribution is -2.03. The first kappa shape index (κ1) is 12.8. The van der Waals surface area contributed by atoms with E-state index >= 15 is 0 Å². The summed E-state index contributed by atoms with van der Waals surface area (Å²) in [7, 11) is 0. The monoisotopic (exact) mass is 317 g/mol. The average Bonchev–Trinajstić information content (AvgIpc) is 2.29. The molecule has 0 aromatic heterocycles. The van der Waals surface area contributed by atoms with Gasteiger partial charge in [-0.15, -0.1) is 0 Å². The van der Waals surface area contributed by atoms with Crippen molar-refractivity contribution >= 4 is 28.3 Å². The Morgan fingerprint density at radius 2 is 1.93 bits per heavy atom. The van der Waals surface area contributed by atoms with Crippen LogP contribution >= 0.6 is 22.6 Å². The molecule has 0 aliphatic heterocycles. The maximum Gasteiger partial charge on any atom is 0.0380 e. The maximum atomic E-state index is 3.52. The molecule has 1 N–H and O–H groups in total. The van der Waals surface area contributed by atoms with Gasteiger partial charge in [-0.25, -0.2) is 0 Å². The van der Waals surface area contributed by atoms with Gasteiger partial charge < -0.3 is 5.32 Å². The van der Waals surface area contributed by atoms with Crippen molar-refractivity contribution in [2.45, 2.75) is 37.0 Å². The van der Waals surface area contributed by atoms with Gasteiger partial charge in [-0.2, -0.15) is 0 Å². The van der Waals surface area contributed by atoms with Crippen LogP contribution in [0.2, 0.25) is 0 Å². The molecule has 0 radical (unpaired) electrons. The SMILES string of the molecule is CCCCCCNc1ccccc1CI. The number of rotatable bonds is 7. The van der Waals surface area contributed by atoms with Crippen molar-refractivity contribution in [2.24, 2.45) is 0 Å². The second-order valence-electron chi connectivity index (χ2n) is 3.78. The number of hydrogen-bond acceptors (Lipinski definition) is 1. The van der Waals surface area contributed by atoms with Crippen LogP contribution in [0.3, 0.4) is 0 Å². The number of hydrogen-bond donors (Lipinski definition) is 1. The van der Waals surface area contributed by atoms with Crippen LogP contribution in [0.15, 0.2) is 24.3 Å². The zero-order valence-electron chi connectivity index (χ0n) is 9.43. The molecule has 0 atom stereocenters. The number of benzene rings is 1. The molecule has 1 aromatic carbocycles. The van der Waals surface area contributed by atoms with Gasteiger partial charge in [0.2, 0.25) is 0 Å². The zero-order chi connectivity index (χ0) is 10.9. The standard InChI is InChI=1S/C13H20IN/c1-2-3-4-7-10-15-13-9-6-5-8-12(13)11-14/h5-6,8-9,15H,2-4,7,10-11H2,1H3. The summed E-state index contributed by atoms with van der Waals surface area (Å²) in [5, 5.41) is 3.52. The summed E-state index contributed by atoms with van der Waals surface area (Å²) in [5.41, 5.74) is 2.72. The fraction of sp³-hybridized carbons (Fsp3) is 0.538. The summed E-state index contributed by atoms with van der Waals surface area (Å²) in [5.74, 6) is 0. The highest BCUT2D eigenvalue weighted by molar-refractivity contribution is 14.1. The van der Waals surface area contributed by atoms with E-state index in [4.69, 9.17) is 0 Å². The van der Waals surface area contributed by atoms with E-state index in [1.54, 1.807) is 0 Å². The Morgan fingerprint density at radius 1 is 1.13 bits per heavy atom. The number of para-hydroxylation sites is 1. The summed E-state index contributed by atoms with van der Waals surface area (Å²) >= 11 is 2.41.